The Morgan fingerprint density at radius 1 is 1.25 bits per heavy atom. The van der Waals surface area contributed by atoms with Gasteiger partial charge in [-0.2, -0.15) is 11.8 Å². The van der Waals surface area contributed by atoms with Gasteiger partial charge in [0.05, 0.1) is 5.92 Å². The fourth-order valence-electron chi connectivity index (χ4n) is 3.90. The molecule has 0 saturated carbocycles. The van der Waals surface area contributed by atoms with Crippen LogP contribution in [0, 0.1) is 5.92 Å². The lowest BCUT2D eigenvalue weighted by Crippen LogP contribution is -2.54. The zero-order valence-corrected chi connectivity index (χ0v) is 12.8. The highest BCUT2D eigenvalue weighted by Crippen LogP contribution is 2.43. The van der Waals surface area contributed by atoms with Gasteiger partial charge in [0.25, 0.3) is 0 Å². The number of nitrogens with zero attached hydrogens (tertiary/aromatic N) is 2. The zero-order chi connectivity index (χ0) is 14.4. The number of carboxylic acid groups (broad SMARTS) is 1. The van der Waals surface area contributed by atoms with Gasteiger partial charge in [-0.05, 0) is 26.2 Å². The predicted octanol–water partition coefficient (Wildman–Crippen LogP) is 1.87. The largest absolute Gasteiger partial charge is 0.481 e. The Morgan fingerprint density at radius 2 is 2.00 bits per heavy atom. The number of carboxylic acids is 1. The average molecular weight is 298 g/mol. The van der Waals surface area contributed by atoms with Gasteiger partial charge in [-0.1, -0.05) is 6.92 Å². The summed E-state index contributed by atoms with van der Waals surface area (Å²) in [5.74, 6) is -0.127. The summed E-state index contributed by atoms with van der Waals surface area (Å²) < 4.78 is 0. The van der Waals surface area contributed by atoms with Gasteiger partial charge in [-0.15, -0.1) is 0 Å². The van der Waals surface area contributed by atoms with Crippen molar-refractivity contribution in [1.29, 1.82) is 0 Å². The van der Waals surface area contributed by atoms with Crippen molar-refractivity contribution in [3.05, 3.63) is 0 Å². The summed E-state index contributed by atoms with van der Waals surface area (Å²) in [5, 5.41) is 9.73. The van der Waals surface area contributed by atoms with Crippen LogP contribution in [-0.4, -0.2) is 62.6 Å². The van der Waals surface area contributed by atoms with Crippen molar-refractivity contribution in [2.75, 3.05) is 12.3 Å². The van der Waals surface area contributed by atoms with Crippen molar-refractivity contribution in [2.45, 2.75) is 56.5 Å². The van der Waals surface area contributed by atoms with Gasteiger partial charge >= 0.3 is 12.0 Å². The molecule has 5 atom stereocenters. The number of amides is 2. The molecule has 5 unspecified atom stereocenters. The predicted molar refractivity (Wildman–Crippen MR) is 77.9 cm³/mol. The lowest BCUT2D eigenvalue weighted by atomic mass is 9.89. The maximum Gasteiger partial charge on any atom is 0.320 e. The number of aliphatic carboxylic acids is 1. The molecule has 5 nitrogen and oxygen atoms in total. The van der Waals surface area contributed by atoms with Crippen molar-refractivity contribution in [1.82, 2.24) is 9.80 Å². The average Bonchev–Trinajstić information content (AvgIpc) is 2.98. The number of fused-ring (bicyclic) bond motifs is 2. The fraction of sp³-hybridized carbons (Fsp3) is 0.857. The number of carbonyl (C=O) groups is 2. The molecule has 2 bridgehead atoms. The van der Waals surface area contributed by atoms with E-state index >= 15 is 0 Å². The molecule has 112 valence electrons. The molecule has 1 N–H and O–H groups in total. The number of hydrogen-bond donors (Lipinski definition) is 1. The third-order valence-corrected chi connectivity index (χ3v) is 6.54. The van der Waals surface area contributed by atoms with Crippen LogP contribution in [0.25, 0.3) is 0 Å². The summed E-state index contributed by atoms with van der Waals surface area (Å²) in [5.41, 5.74) is 0. The monoisotopic (exact) mass is 298 g/mol. The van der Waals surface area contributed by atoms with E-state index in [1.165, 1.54) is 0 Å². The highest BCUT2D eigenvalue weighted by molar-refractivity contribution is 8.00. The molecule has 0 aromatic heterocycles. The van der Waals surface area contributed by atoms with Crippen molar-refractivity contribution >= 4 is 23.8 Å². The topological polar surface area (TPSA) is 60.9 Å². The Kier molecular flexibility index (Phi) is 3.60. The Hall–Kier alpha value is -0.910. The molecular formula is C14H22N2O3S. The van der Waals surface area contributed by atoms with Crippen LogP contribution in [0.3, 0.4) is 0 Å². The van der Waals surface area contributed by atoms with Crippen LogP contribution in [0.4, 0.5) is 4.79 Å². The fourth-order valence-corrected chi connectivity index (χ4v) is 5.00. The Morgan fingerprint density at radius 3 is 2.65 bits per heavy atom. The number of hydrogen-bond acceptors (Lipinski definition) is 3. The van der Waals surface area contributed by atoms with E-state index in [0.29, 0.717) is 11.7 Å². The maximum absolute atomic E-state index is 12.8. The molecule has 3 saturated heterocycles. The number of thioether (sulfide) groups is 1. The molecule has 3 fully saturated rings. The molecule has 0 spiro atoms. The summed E-state index contributed by atoms with van der Waals surface area (Å²) in [6.07, 6.45) is 2.45. The third kappa shape index (κ3) is 2.08. The molecular weight excluding hydrogens is 276 g/mol. The molecule has 0 aromatic carbocycles. The SMILES string of the molecule is CC1SCCN(C(=O)N2C3CCC2C(C(=O)O)C3)C1C. The van der Waals surface area contributed by atoms with Crippen LogP contribution in [0.2, 0.25) is 0 Å². The minimum atomic E-state index is -0.745. The van der Waals surface area contributed by atoms with Gasteiger partial charge in [0.15, 0.2) is 0 Å². The van der Waals surface area contributed by atoms with Crippen LogP contribution in [0.1, 0.15) is 33.1 Å². The Bertz CT molecular complexity index is 431. The Labute approximate surface area is 123 Å². The first-order valence-corrected chi connectivity index (χ1v) is 8.49. The van der Waals surface area contributed by atoms with E-state index < -0.39 is 5.97 Å². The summed E-state index contributed by atoms with van der Waals surface area (Å²) in [6, 6.07) is 0.359. The summed E-state index contributed by atoms with van der Waals surface area (Å²) in [4.78, 5) is 28.0. The van der Waals surface area contributed by atoms with Gasteiger partial charge in [-0.25, -0.2) is 4.79 Å². The minimum absolute atomic E-state index is 0.0703. The summed E-state index contributed by atoms with van der Waals surface area (Å²) >= 11 is 1.91. The lowest BCUT2D eigenvalue weighted by Gasteiger charge is -2.40. The number of carbonyl (C=O) groups excluding carboxylic acids is 1. The van der Waals surface area contributed by atoms with Gasteiger partial charge < -0.3 is 14.9 Å². The van der Waals surface area contributed by atoms with Crippen LogP contribution >= 0.6 is 11.8 Å². The Balaban J connectivity index is 1.76. The first-order chi connectivity index (χ1) is 9.50. The molecule has 6 heteroatoms. The zero-order valence-electron chi connectivity index (χ0n) is 12.0. The van der Waals surface area contributed by atoms with Gasteiger partial charge in [-0.3, -0.25) is 4.79 Å². The summed E-state index contributed by atoms with van der Waals surface area (Å²) in [7, 11) is 0. The van der Waals surface area contributed by atoms with Crippen molar-refractivity contribution in [3.63, 3.8) is 0 Å². The van der Waals surface area contributed by atoms with Crippen LogP contribution in [-0.2, 0) is 4.79 Å². The standard InChI is InChI=1S/C14H22N2O3S/c1-8-9(2)20-6-5-15(8)14(19)16-10-3-4-12(16)11(7-10)13(17)18/h8-12H,3-7H2,1-2H3,(H,17,18). The van der Waals surface area contributed by atoms with Crippen LogP contribution < -0.4 is 0 Å². The molecule has 2 amide bonds. The second-order valence-electron chi connectivity index (χ2n) is 6.18. The smallest absolute Gasteiger partial charge is 0.320 e. The number of rotatable bonds is 1. The highest BCUT2D eigenvalue weighted by Gasteiger charge is 2.52. The first-order valence-electron chi connectivity index (χ1n) is 7.44. The van der Waals surface area contributed by atoms with Gasteiger partial charge in [0.2, 0.25) is 0 Å². The van der Waals surface area contributed by atoms with E-state index in [9.17, 15) is 14.7 Å². The molecule has 3 heterocycles. The molecule has 0 aromatic rings. The lowest BCUT2D eigenvalue weighted by molar-refractivity contribution is -0.142. The maximum atomic E-state index is 12.8. The highest BCUT2D eigenvalue weighted by atomic mass is 32.2. The van der Waals surface area contributed by atoms with E-state index in [4.69, 9.17) is 0 Å². The van der Waals surface area contributed by atoms with Crippen LogP contribution in [0.5, 0.6) is 0 Å². The van der Waals surface area contributed by atoms with E-state index in [0.717, 1.165) is 25.1 Å². The van der Waals surface area contributed by atoms with Crippen molar-refractivity contribution in [3.8, 4) is 0 Å². The number of urea groups is 1. The van der Waals surface area contributed by atoms with E-state index in [1.807, 2.05) is 21.6 Å². The normalized spacial score (nSPS) is 40.2. The quantitative estimate of drug-likeness (QED) is 0.803. The molecule has 0 radical (unpaired) electrons. The third-order valence-electron chi connectivity index (χ3n) is 5.20. The second kappa shape index (κ2) is 5.13. The molecule has 20 heavy (non-hydrogen) atoms. The van der Waals surface area contributed by atoms with Crippen molar-refractivity contribution in [2.24, 2.45) is 5.92 Å². The van der Waals surface area contributed by atoms with E-state index in [2.05, 4.69) is 13.8 Å². The molecule has 3 aliphatic rings. The second-order valence-corrected chi connectivity index (χ2v) is 7.66. The van der Waals surface area contributed by atoms with Crippen LogP contribution in [0.15, 0.2) is 0 Å². The van der Waals surface area contributed by atoms with E-state index in [1.54, 1.807) is 0 Å². The minimum Gasteiger partial charge on any atom is -0.481 e. The van der Waals surface area contributed by atoms with E-state index in [-0.39, 0.29) is 30.1 Å². The van der Waals surface area contributed by atoms with Gasteiger partial charge in [0.1, 0.15) is 0 Å². The first kappa shape index (κ1) is 14.0. The molecule has 0 aliphatic carbocycles. The van der Waals surface area contributed by atoms with Gasteiger partial charge in [0, 0.05) is 35.7 Å². The van der Waals surface area contributed by atoms with Crippen molar-refractivity contribution < 1.29 is 14.7 Å². The molecule has 3 aliphatic heterocycles. The summed E-state index contributed by atoms with van der Waals surface area (Å²) in [6.45, 7) is 5.04. The molecule has 3 rings (SSSR count).